The van der Waals surface area contributed by atoms with Crippen molar-refractivity contribution >= 4 is 17.6 Å². The van der Waals surface area contributed by atoms with Gasteiger partial charge in [0.1, 0.15) is 5.75 Å². The van der Waals surface area contributed by atoms with Gasteiger partial charge < -0.3 is 15.4 Å². The van der Waals surface area contributed by atoms with E-state index in [0.29, 0.717) is 18.1 Å². The minimum absolute atomic E-state index is 0. The number of urea groups is 1. The zero-order chi connectivity index (χ0) is 27.5. The summed E-state index contributed by atoms with van der Waals surface area (Å²) in [6.07, 6.45) is 1.29. The Labute approximate surface area is 243 Å². The number of rotatable bonds is 10. The average Bonchev–Trinajstić information content (AvgIpc) is 2.96. The molecule has 0 radical (unpaired) electrons. The number of piperazine rings is 1. The van der Waals surface area contributed by atoms with Gasteiger partial charge in [-0.3, -0.25) is 10.1 Å². The van der Waals surface area contributed by atoms with Crippen LogP contribution in [0.5, 0.6) is 5.75 Å². The van der Waals surface area contributed by atoms with Gasteiger partial charge in [0.25, 0.3) is 0 Å². The highest BCUT2D eigenvalue weighted by Gasteiger charge is 2.26. The lowest BCUT2D eigenvalue weighted by Gasteiger charge is -2.39. The molecule has 40 heavy (non-hydrogen) atoms. The summed E-state index contributed by atoms with van der Waals surface area (Å²) in [7, 11) is 0. The predicted molar refractivity (Wildman–Crippen MR) is 161 cm³/mol. The lowest BCUT2D eigenvalue weighted by molar-refractivity contribution is -0.0372. The van der Waals surface area contributed by atoms with E-state index in [1.807, 2.05) is 36.4 Å². The van der Waals surface area contributed by atoms with Gasteiger partial charge in [0.15, 0.2) is 0 Å². The molecule has 3 aromatic carbocycles. The van der Waals surface area contributed by atoms with Crippen molar-refractivity contribution in [2.75, 3.05) is 45.9 Å². The number of nitrogens with two attached hydrogens (primary N) is 1. The molecule has 1 saturated heterocycles. The van der Waals surface area contributed by atoms with Crippen LogP contribution in [-0.4, -0.2) is 72.0 Å². The molecule has 0 aromatic heterocycles. The number of benzene rings is 3. The number of primary amides is 1. The first-order valence-electron chi connectivity index (χ1n) is 13.2. The van der Waals surface area contributed by atoms with Crippen molar-refractivity contribution in [3.05, 3.63) is 101 Å². The van der Waals surface area contributed by atoms with Gasteiger partial charge in [-0.25, -0.2) is 9.86 Å². The molecule has 0 aliphatic carbocycles. The molecule has 0 unspecified atom stereocenters. The number of carbonyl (C=O) groups excluding carboxylic acids is 1. The Morgan fingerprint density at radius 1 is 0.975 bits per heavy atom. The second-order valence-corrected chi connectivity index (χ2v) is 9.92. The van der Waals surface area contributed by atoms with Crippen LogP contribution in [0, 0.1) is 11.8 Å². The Hall–Kier alpha value is -3.54. The van der Waals surface area contributed by atoms with Crippen LogP contribution >= 0.6 is 11.6 Å². The number of hydrogen-bond donors (Lipinski definition) is 2. The molecular weight excluding hydrogens is 524 g/mol. The van der Waals surface area contributed by atoms with E-state index < -0.39 is 6.03 Å². The van der Waals surface area contributed by atoms with E-state index >= 15 is 0 Å². The molecular formula is C32H39ClN4O3. The number of nitrogens with zero attached hydrogens (tertiary/aromatic N) is 3. The highest BCUT2D eigenvalue weighted by atomic mass is 35.5. The molecule has 3 aromatic rings. The fraction of sp³-hybridized carbons (Fsp3) is 0.344. The Morgan fingerprint density at radius 3 is 2.27 bits per heavy atom. The van der Waals surface area contributed by atoms with Crippen LogP contribution in [0.15, 0.2) is 78.9 Å². The third-order valence-electron chi connectivity index (χ3n) is 6.75. The van der Waals surface area contributed by atoms with E-state index in [-0.39, 0.29) is 20.0 Å². The van der Waals surface area contributed by atoms with Crippen molar-refractivity contribution in [2.24, 2.45) is 5.73 Å². The Morgan fingerprint density at radius 2 is 1.62 bits per heavy atom. The fourth-order valence-corrected chi connectivity index (χ4v) is 4.81. The van der Waals surface area contributed by atoms with Crippen molar-refractivity contribution in [3.8, 4) is 17.6 Å². The van der Waals surface area contributed by atoms with Crippen LogP contribution < -0.4 is 10.5 Å². The molecule has 0 saturated carbocycles. The molecule has 1 fully saturated rings. The monoisotopic (exact) mass is 562 g/mol. The average molecular weight is 563 g/mol. The third-order valence-corrected chi connectivity index (χ3v) is 7.00. The van der Waals surface area contributed by atoms with Gasteiger partial charge in [0.05, 0.1) is 19.2 Å². The predicted octanol–water partition coefficient (Wildman–Crippen LogP) is 5.66. The van der Waals surface area contributed by atoms with Gasteiger partial charge in [0.2, 0.25) is 0 Å². The molecule has 7 nitrogen and oxygen atoms in total. The zero-order valence-electron chi connectivity index (χ0n) is 22.0. The van der Waals surface area contributed by atoms with E-state index in [1.165, 1.54) is 11.1 Å². The molecule has 0 bridgehead atoms. The van der Waals surface area contributed by atoms with Crippen molar-refractivity contribution < 1.29 is 14.7 Å². The Balaban J connectivity index is 0.00000441. The van der Waals surface area contributed by atoms with E-state index in [9.17, 15) is 10.0 Å². The fourth-order valence-electron chi connectivity index (χ4n) is 4.69. The minimum Gasteiger partial charge on any atom is -0.494 e. The lowest BCUT2D eigenvalue weighted by atomic mass is 9.96. The standard InChI is InChI=1S/C31H35ClN4O3.CH4/c32-28-14-12-27(13-15-28)30(26-8-2-1-3-9-26)35-22-20-34(21-23-35)18-6-24-39-29-16-10-25(11-17-29)7-4-5-19-36(38)31(33)37;/h1-3,8-17,30,38H,5-6,18-24H2,(H2,33,37);1H4/t30-;/m1./s1. The molecule has 212 valence electrons. The Kier molecular flexibility index (Phi) is 12.3. The summed E-state index contributed by atoms with van der Waals surface area (Å²) >= 11 is 6.16. The van der Waals surface area contributed by atoms with Crippen molar-refractivity contribution in [1.82, 2.24) is 14.9 Å². The number of carbonyl (C=O) groups is 1. The topological polar surface area (TPSA) is 82.3 Å². The van der Waals surface area contributed by atoms with Crippen LogP contribution in [0.3, 0.4) is 0 Å². The largest absolute Gasteiger partial charge is 0.494 e. The molecule has 4 rings (SSSR count). The lowest BCUT2D eigenvalue weighted by Crippen LogP contribution is -2.48. The summed E-state index contributed by atoms with van der Waals surface area (Å²) in [4.78, 5) is 15.8. The summed E-state index contributed by atoms with van der Waals surface area (Å²) in [6.45, 7) is 5.79. The molecule has 2 amide bonds. The van der Waals surface area contributed by atoms with E-state index in [1.54, 1.807) is 0 Å². The molecule has 1 aliphatic rings. The summed E-state index contributed by atoms with van der Waals surface area (Å²) in [5.41, 5.74) is 8.38. The van der Waals surface area contributed by atoms with E-state index in [0.717, 1.165) is 55.5 Å². The van der Waals surface area contributed by atoms with Crippen molar-refractivity contribution in [3.63, 3.8) is 0 Å². The third kappa shape index (κ3) is 9.29. The highest BCUT2D eigenvalue weighted by Crippen LogP contribution is 2.30. The van der Waals surface area contributed by atoms with E-state index in [4.69, 9.17) is 22.1 Å². The molecule has 1 heterocycles. The number of ether oxygens (including phenoxy) is 1. The summed E-state index contributed by atoms with van der Waals surface area (Å²) in [6, 6.07) is 25.9. The quantitative estimate of drug-likeness (QED) is 0.144. The summed E-state index contributed by atoms with van der Waals surface area (Å²) in [5.74, 6) is 6.72. The van der Waals surface area contributed by atoms with Crippen LogP contribution in [0.1, 0.15) is 43.0 Å². The Bertz CT molecular complexity index is 1240. The zero-order valence-corrected chi connectivity index (χ0v) is 22.8. The van der Waals surface area contributed by atoms with E-state index in [2.05, 4.69) is 64.1 Å². The van der Waals surface area contributed by atoms with Crippen molar-refractivity contribution in [1.29, 1.82) is 0 Å². The summed E-state index contributed by atoms with van der Waals surface area (Å²) < 4.78 is 5.93. The molecule has 3 N–H and O–H groups in total. The van der Waals surface area contributed by atoms with Crippen LogP contribution in [0.25, 0.3) is 0 Å². The van der Waals surface area contributed by atoms with Gasteiger partial charge in [-0.05, 0) is 53.9 Å². The second kappa shape index (κ2) is 15.9. The first kappa shape index (κ1) is 31.0. The van der Waals surface area contributed by atoms with Gasteiger partial charge in [-0.2, -0.15) is 0 Å². The summed E-state index contributed by atoms with van der Waals surface area (Å²) in [5, 5.41) is 10.5. The number of halogens is 1. The molecule has 1 aliphatic heterocycles. The first-order valence-corrected chi connectivity index (χ1v) is 13.6. The maximum Gasteiger partial charge on any atom is 0.338 e. The number of hydroxylamine groups is 2. The normalized spacial score (nSPS) is 14.3. The first-order chi connectivity index (χ1) is 19.0. The van der Waals surface area contributed by atoms with Gasteiger partial charge in [-0.1, -0.05) is 73.3 Å². The highest BCUT2D eigenvalue weighted by molar-refractivity contribution is 6.30. The maximum atomic E-state index is 10.8. The van der Waals surface area contributed by atoms with Gasteiger partial charge >= 0.3 is 6.03 Å². The van der Waals surface area contributed by atoms with Gasteiger partial charge in [-0.15, -0.1) is 0 Å². The SMILES string of the molecule is C.NC(=O)N(O)CCC#Cc1ccc(OCCCN2CCN([C@H](c3ccccc3)c3ccc(Cl)cc3)CC2)cc1. The van der Waals surface area contributed by atoms with Crippen molar-refractivity contribution in [2.45, 2.75) is 26.3 Å². The maximum absolute atomic E-state index is 10.8. The molecule has 8 heteroatoms. The van der Waals surface area contributed by atoms with Crippen LogP contribution in [0.4, 0.5) is 4.79 Å². The molecule has 1 atom stereocenters. The van der Waals surface area contributed by atoms with Gasteiger partial charge in [0, 0.05) is 49.7 Å². The van der Waals surface area contributed by atoms with Crippen LogP contribution in [0.2, 0.25) is 5.02 Å². The minimum atomic E-state index is -0.883. The number of amides is 2. The van der Waals surface area contributed by atoms with Crippen LogP contribution in [-0.2, 0) is 0 Å². The number of hydrogen-bond acceptors (Lipinski definition) is 5. The second-order valence-electron chi connectivity index (χ2n) is 9.48. The smallest absolute Gasteiger partial charge is 0.338 e. The molecule has 0 spiro atoms.